The Bertz CT molecular complexity index is 890. The van der Waals surface area contributed by atoms with Crippen molar-refractivity contribution in [2.24, 2.45) is 0 Å². The van der Waals surface area contributed by atoms with Gasteiger partial charge in [-0.25, -0.2) is 0 Å². The largest absolute Gasteiger partial charge is 0.502 e. The van der Waals surface area contributed by atoms with Crippen LogP contribution in [-0.4, -0.2) is 14.9 Å². The van der Waals surface area contributed by atoms with Gasteiger partial charge in [-0.15, -0.1) is 0 Å². The lowest BCUT2D eigenvalue weighted by molar-refractivity contribution is 0.449. The molecule has 0 bridgehead atoms. The summed E-state index contributed by atoms with van der Waals surface area (Å²) >= 11 is 0. The predicted octanol–water partition coefficient (Wildman–Crippen LogP) is 3.00. The maximum absolute atomic E-state index is 12.3. The number of benzene rings is 1. The Balaban J connectivity index is 2.39. The molecule has 5 nitrogen and oxygen atoms in total. The molecule has 0 saturated heterocycles. The van der Waals surface area contributed by atoms with Crippen LogP contribution in [0.5, 0.6) is 5.75 Å². The Morgan fingerprint density at radius 1 is 1.29 bits per heavy atom. The van der Waals surface area contributed by atoms with Crippen LogP contribution in [0.2, 0.25) is 0 Å². The molecule has 0 aliphatic rings. The second-order valence-corrected chi connectivity index (χ2v) is 4.97. The molecule has 1 aromatic carbocycles. The summed E-state index contributed by atoms with van der Waals surface area (Å²) in [6.45, 7) is 6.43. The third kappa shape index (κ3) is 1.93. The van der Waals surface area contributed by atoms with Gasteiger partial charge in [-0.2, -0.15) is 5.10 Å². The van der Waals surface area contributed by atoms with E-state index in [0.717, 1.165) is 11.4 Å². The number of hydrogen-bond acceptors (Lipinski definition) is 4. The van der Waals surface area contributed by atoms with Crippen LogP contribution in [0.3, 0.4) is 0 Å². The summed E-state index contributed by atoms with van der Waals surface area (Å²) in [4.78, 5) is 12.3. The van der Waals surface area contributed by atoms with Gasteiger partial charge in [-0.3, -0.25) is 9.48 Å². The first-order valence-corrected chi connectivity index (χ1v) is 6.83. The zero-order valence-electron chi connectivity index (χ0n) is 12.2. The maximum atomic E-state index is 12.3. The summed E-state index contributed by atoms with van der Waals surface area (Å²) in [6.07, 6.45) is 0. The van der Waals surface area contributed by atoms with Gasteiger partial charge in [0.2, 0.25) is 11.2 Å². The first-order valence-electron chi connectivity index (χ1n) is 6.83. The van der Waals surface area contributed by atoms with Crippen LogP contribution in [0.4, 0.5) is 0 Å². The topological polar surface area (TPSA) is 68.3 Å². The van der Waals surface area contributed by atoms with Gasteiger partial charge in [-0.05, 0) is 32.9 Å². The van der Waals surface area contributed by atoms with Crippen molar-refractivity contribution in [2.45, 2.75) is 27.3 Å². The number of fused-ring (bicyclic) bond motifs is 1. The van der Waals surface area contributed by atoms with Crippen LogP contribution < -0.4 is 5.43 Å². The molecule has 2 aromatic heterocycles. The van der Waals surface area contributed by atoms with Crippen molar-refractivity contribution < 1.29 is 9.52 Å². The highest BCUT2D eigenvalue weighted by Crippen LogP contribution is 2.34. The van der Waals surface area contributed by atoms with Crippen LogP contribution in [0.25, 0.3) is 22.3 Å². The predicted molar refractivity (Wildman–Crippen MR) is 80.5 cm³/mol. The lowest BCUT2D eigenvalue weighted by Crippen LogP contribution is -2.03. The third-order valence-electron chi connectivity index (χ3n) is 3.68. The molecule has 1 N–H and O–H groups in total. The second kappa shape index (κ2) is 4.77. The fourth-order valence-electron chi connectivity index (χ4n) is 2.64. The van der Waals surface area contributed by atoms with Crippen molar-refractivity contribution in [1.82, 2.24) is 9.78 Å². The molecule has 0 aliphatic heterocycles. The van der Waals surface area contributed by atoms with Gasteiger partial charge in [0, 0.05) is 12.2 Å². The Hall–Kier alpha value is -2.56. The average molecular weight is 284 g/mol. The van der Waals surface area contributed by atoms with Gasteiger partial charge in [0.05, 0.1) is 16.6 Å². The molecule has 3 aromatic rings. The minimum Gasteiger partial charge on any atom is -0.502 e. The van der Waals surface area contributed by atoms with E-state index in [1.165, 1.54) is 0 Å². The first-order chi connectivity index (χ1) is 10.0. The van der Waals surface area contributed by atoms with Crippen molar-refractivity contribution in [1.29, 1.82) is 0 Å². The molecule has 0 amide bonds. The van der Waals surface area contributed by atoms with E-state index in [0.29, 0.717) is 23.1 Å². The zero-order valence-corrected chi connectivity index (χ0v) is 12.2. The molecule has 0 radical (unpaired) electrons. The smallest absolute Gasteiger partial charge is 0.235 e. The van der Waals surface area contributed by atoms with Crippen molar-refractivity contribution in [3.05, 3.63) is 45.9 Å². The van der Waals surface area contributed by atoms with E-state index < -0.39 is 5.43 Å². The van der Waals surface area contributed by atoms with E-state index in [1.807, 2.05) is 25.5 Å². The molecule has 0 spiro atoms. The van der Waals surface area contributed by atoms with Crippen LogP contribution in [0, 0.1) is 13.8 Å². The van der Waals surface area contributed by atoms with Crippen molar-refractivity contribution in [3.8, 4) is 17.1 Å². The first kappa shape index (κ1) is 13.4. The molecule has 3 rings (SSSR count). The fraction of sp³-hybridized carbons (Fsp3) is 0.250. The molecule has 0 fully saturated rings. The number of aromatic nitrogens is 2. The average Bonchev–Trinajstić information content (AvgIpc) is 2.77. The van der Waals surface area contributed by atoms with Crippen molar-refractivity contribution in [2.75, 3.05) is 0 Å². The summed E-state index contributed by atoms with van der Waals surface area (Å²) in [6, 6.07) is 6.89. The molecule has 0 aliphatic carbocycles. The minimum absolute atomic E-state index is 0.188. The number of nitrogens with zero attached hydrogens (tertiary/aromatic N) is 2. The van der Waals surface area contributed by atoms with Gasteiger partial charge >= 0.3 is 0 Å². The van der Waals surface area contributed by atoms with Gasteiger partial charge < -0.3 is 9.52 Å². The van der Waals surface area contributed by atoms with Crippen molar-refractivity contribution in [3.63, 3.8) is 0 Å². The standard InChI is InChI=1S/C16H16N2O3/c1-4-18-10(3)13(9(2)17-18)16-15(20)14(19)11-7-5-6-8-12(11)21-16/h5-8,20H,4H2,1-3H3. The number of aromatic hydroxyl groups is 1. The summed E-state index contributed by atoms with van der Waals surface area (Å²) in [5.74, 6) is -0.177. The molecule has 0 atom stereocenters. The van der Waals surface area contributed by atoms with E-state index in [-0.39, 0.29) is 11.5 Å². The zero-order chi connectivity index (χ0) is 15.1. The molecule has 0 unspecified atom stereocenters. The number of rotatable bonds is 2. The summed E-state index contributed by atoms with van der Waals surface area (Å²) in [7, 11) is 0. The number of hydrogen-bond donors (Lipinski definition) is 1. The van der Waals surface area contributed by atoms with Crippen LogP contribution in [0.15, 0.2) is 33.5 Å². The highest BCUT2D eigenvalue weighted by Gasteiger charge is 2.21. The minimum atomic E-state index is -0.421. The van der Waals surface area contributed by atoms with E-state index in [4.69, 9.17) is 4.42 Å². The fourth-order valence-corrected chi connectivity index (χ4v) is 2.64. The van der Waals surface area contributed by atoms with Crippen LogP contribution in [0.1, 0.15) is 18.3 Å². The molecule has 21 heavy (non-hydrogen) atoms. The number of para-hydroxylation sites is 1. The summed E-state index contributed by atoms with van der Waals surface area (Å²) in [5, 5.41) is 15.0. The van der Waals surface area contributed by atoms with Crippen molar-refractivity contribution >= 4 is 11.0 Å². The van der Waals surface area contributed by atoms with Crippen LogP contribution >= 0.6 is 0 Å². The van der Waals surface area contributed by atoms with Gasteiger partial charge in [0.1, 0.15) is 5.58 Å². The number of aryl methyl sites for hydroxylation is 2. The van der Waals surface area contributed by atoms with Crippen LogP contribution in [-0.2, 0) is 6.54 Å². The third-order valence-corrected chi connectivity index (χ3v) is 3.68. The lowest BCUT2D eigenvalue weighted by Gasteiger charge is -2.06. The van der Waals surface area contributed by atoms with E-state index in [1.54, 1.807) is 24.3 Å². The van der Waals surface area contributed by atoms with Gasteiger partial charge in [-0.1, -0.05) is 12.1 Å². The van der Waals surface area contributed by atoms with E-state index >= 15 is 0 Å². The summed E-state index contributed by atoms with van der Waals surface area (Å²) < 4.78 is 7.59. The Morgan fingerprint density at radius 3 is 2.67 bits per heavy atom. The van der Waals surface area contributed by atoms with Gasteiger partial charge in [0.25, 0.3) is 0 Å². The summed E-state index contributed by atoms with van der Waals surface area (Å²) in [5.41, 5.74) is 2.30. The quantitative estimate of drug-likeness (QED) is 0.785. The SMILES string of the molecule is CCn1nc(C)c(-c2oc3ccccc3c(=O)c2O)c1C. The highest BCUT2D eigenvalue weighted by molar-refractivity contribution is 5.82. The monoisotopic (exact) mass is 284 g/mol. The Morgan fingerprint density at radius 2 is 2.00 bits per heavy atom. The Kier molecular flexibility index (Phi) is 3.05. The van der Waals surface area contributed by atoms with E-state index in [9.17, 15) is 9.90 Å². The highest BCUT2D eigenvalue weighted by atomic mass is 16.4. The molecular weight excluding hydrogens is 268 g/mol. The Labute approximate surface area is 121 Å². The van der Waals surface area contributed by atoms with Gasteiger partial charge in [0.15, 0.2) is 5.76 Å². The van der Waals surface area contributed by atoms with E-state index in [2.05, 4.69) is 5.10 Å². The lowest BCUT2D eigenvalue weighted by atomic mass is 10.1. The normalized spacial score (nSPS) is 11.2. The molecule has 0 saturated carbocycles. The molecule has 2 heterocycles. The molecule has 5 heteroatoms. The molecule has 108 valence electrons. The second-order valence-electron chi connectivity index (χ2n) is 4.97. The maximum Gasteiger partial charge on any atom is 0.235 e. The molecular formula is C16H16N2O3.